The zero-order chi connectivity index (χ0) is 18.4. The number of hydrogen-bond acceptors (Lipinski definition) is 4. The fraction of sp³-hybridized carbons (Fsp3) is 0.150. The van der Waals surface area contributed by atoms with E-state index in [1.807, 2.05) is 36.5 Å². The van der Waals surface area contributed by atoms with Crippen molar-refractivity contribution in [3.63, 3.8) is 0 Å². The molecule has 0 fully saturated rings. The van der Waals surface area contributed by atoms with Crippen LogP contribution in [0.1, 0.15) is 11.3 Å². The van der Waals surface area contributed by atoms with Crippen LogP contribution in [-0.4, -0.2) is 35.0 Å². The Balaban J connectivity index is 1.73. The maximum atomic E-state index is 12.2. The van der Waals surface area contributed by atoms with Crippen LogP contribution in [0.15, 0.2) is 60.9 Å². The minimum Gasteiger partial charge on any atom is -0.467 e. The van der Waals surface area contributed by atoms with Crippen molar-refractivity contribution in [3.05, 3.63) is 72.2 Å². The van der Waals surface area contributed by atoms with Crippen molar-refractivity contribution >= 4 is 28.9 Å². The molecule has 2 heterocycles. The second kappa shape index (κ2) is 8.11. The van der Waals surface area contributed by atoms with Crippen molar-refractivity contribution in [3.8, 4) is 0 Å². The number of amides is 1. The van der Waals surface area contributed by atoms with Crippen LogP contribution in [0, 0.1) is 0 Å². The molecule has 1 amide bonds. The summed E-state index contributed by atoms with van der Waals surface area (Å²) < 4.78 is 4.84. The predicted octanol–water partition coefficient (Wildman–Crippen LogP) is 2.48. The highest BCUT2D eigenvalue weighted by Gasteiger charge is 2.22. The number of benzene rings is 1. The Labute approximate surface area is 150 Å². The van der Waals surface area contributed by atoms with E-state index in [1.54, 1.807) is 24.4 Å². The summed E-state index contributed by atoms with van der Waals surface area (Å²) in [6, 6.07) is 12.4. The van der Waals surface area contributed by atoms with Gasteiger partial charge in [-0.1, -0.05) is 24.3 Å². The molecule has 3 rings (SSSR count). The third kappa shape index (κ3) is 4.16. The maximum Gasteiger partial charge on any atom is 0.328 e. The fourth-order valence-electron chi connectivity index (χ4n) is 2.71. The first-order chi connectivity index (χ1) is 12.7. The summed E-state index contributed by atoms with van der Waals surface area (Å²) >= 11 is 0. The molecule has 0 bridgehead atoms. The van der Waals surface area contributed by atoms with Gasteiger partial charge >= 0.3 is 5.97 Å². The number of H-pyrrole nitrogens is 1. The van der Waals surface area contributed by atoms with Gasteiger partial charge in [0, 0.05) is 35.8 Å². The van der Waals surface area contributed by atoms with Gasteiger partial charge in [0.25, 0.3) is 0 Å². The van der Waals surface area contributed by atoms with Crippen LogP contribution in [-0.2, 0) is 20.7 Å². The first-order valence-corrected chi connectivity index (χ1v) is 8.20. The largest absolute Gasteiger partial charge is 0.467 e. The summed E-state index contributed by atoms with van der Waals surface area (Å²) in [7, 11) is 1.31. The van der Waals surface area contributed by atoms with E-state index in [-0.39, 0.29) is 5.91 Å². The second-order valence-electron chi connectivity index (χ2n) is 5.74. The Kier molecular flexibility index (Phi) is 5.43. The number of rotatable bonds is 6. The zero-order valence-electron chi connectivity index (χ0n) is 14.3. The van der Waals surface area contributed by atoms with Crippen molar-refractivity contribution in [2.45, 2.75) is 12.5 Å². The topological polar surface area (TPSA) is 84.1 Å². The number of esters is 1. The van der Waals surface area contributed by atoms with Gasteiger partial charge in [-0.3, -0.25) is 9.78 Å². The Morgan fingerprint density at radius 3 is 2.81 bits per heavy atom. The summed E-state index contributed by atoms with van der Waals surface area (Å²) in [6.07, 6.45) is 6.77. The molecule has 26 heavy (non-hydrogen) atoms. The van der Waals surface area contributed by atoms with E-state index in [0.29, 0.717) is 12.1 Å². The molecule has 2 aromatic heterocycles. The molecule has 1 aromatic carbocycles. The third-order valence-electron chi connectivity index (χ3n) is 3.99. The van der Waals surface area contributed by atoms with Crippen molar-refractivity contribution in [2.24, 2.45) is 0 Å². The quantitative estimate of drug-likeness (QED) is 0.529. The third-order valence-corrected chi connectivity index (χ3v) is 3.99. The van der Waals surface area contributed by atoms with Crippen molar-refractivity contribution < 1.29 is 14.3 Å². The van der Waals surface area contributed by atoms with Crippen molar-refractivity contribution in [1.29, 1.82) is 0 Å². The Morgan fingerprint density at radius 1 is 1.23 bits per heavy atom. The van der Waals surface area contributed by atoms with Crippen LogP contribution in [0.25, 0.3) is 17.0 Å². The fourth-order valence-corrected chi connectivity index (χ4v) is 2.71. The van der Waals surface area contributed by atoms with Crippen molar-refractivity contribution in [1.82, 2.24) is 15.3 Å². The van der Waals surface area contributed by atoms with E-state index in [9.17, 15) is 9.59 Å². The van der Waals surface area contributed by atoms with E-state index in [1.165, 1.54) is 13.2 Å². The van der Waals surface area contributed by atoms with Gasteiger partial charge in [-0.05, 0) is 29.8 Å². The number of fused-ring (bicyclic) bond motifs is 1. The van der Waals surface area contributed by atoms with E-state index in [0.717, 1.165) is 16.5 Å². The molecule has 0 radical (unpaired) electrons. The molecular weight excluding hydrogens is 330 g/mol. The van der Waals surface area contributed by atoms with E-state index < -0.39 is 12.0 Å². The molecule has 3 aromatic rings. The minimum absolute atomic E-state index is 0.333. The van der Waals surface area contributed by atoms with Crippen LogP contribution in [0.3, 0.4) is 0 Å². The number of ether oxygens (including phenoxy) is 1. The summed E-state index contributed by atoms with van der Waals surface area (Å²) in [5, 5.41) is 3.71. The molecular formula is C20H19N3O3. The average Bonchev–Trinajstić information content (AvgIpc) is 3.09. The molecule has 0 saturated carbocycles. The number of methoxy groups -OCH3 is 1. The van der Waals surface area contributed by atoms with Gasteiger partial charge in [0.15, 0.2) is 0 Å². The summed E-state index contributed by atoms with van der Waals surface area (Å²) in [4.78, 5) is 31.6. The van der Waals surface area contributed by atoms with Gasteiger partial charge in [-0.25, -0.2) is 4.79 Å². The first-order valence-electron chi connectivity index (χ1n) is 8.20. The molecule has 0 saturated heterocycles. The van der Waals surface area contributed by atoms with Gasteiger partial charge in [0.05, 0.1) is 12.8 Å². The first kappa shape index (κ1) is 17.4. The smallest absolute Gasteiger partial charge is 0.328 e. The Bertz CT molecular complexity index is 932. The van der Waals surface area contributed by atoms with E-state index in [4.69, 9.17) is 4.74 Å². The van der Waals surface area contributed by atoms with Crippen LogP contribution in [0.4, 0.5) is 0 Å². The standard InChI is InChI=1S/C20H19N3O3/c1-26-20(25)18(12-14-13-22-17-8-3-2-7-16(14)17)23-19(24)10-9-15-6-4-5-11-21-15/h2-11,13,18,22H,12H2,1H3,(H,23,24)/b10-9-/t18-/m1/s1. The van der Waals surface area contributed by atoms with Crippen LogP contribution in [0.5, 0.6) is 0 Å². The van der Waals surface area contributed by atoms with Gasteiger partial charge in [0.2, 0.25) is 5.91 Å². The molecule has 132 valence electrons. The van der Waals surface area contributed by atoms with Gasteiger partial charge in [0.1, 0.15) is 6.04 Å². The van der Waals surface area contributed by atoms with Crippen LogP contribution < -0.4 is 5.32 Å². The zero-order valence-corrected chi connectivity index (χ0v) is 14.3. The molecule has 0 aliphatic heterocycles. The number of para-hydroxylation sites is 1. The number of hydrogen-bond donors (Lipinski definition) is 2. The molecule has 0 unspecified atom stereocenters. The average molecular weight is 349 g/mol. The number of aromatic amines is 1. The van der Waals surface area contributed by atoms with Gasteiger partial charge < -0.3 is 15.0 Å². The number of nitrogens with one attached hydrogen (secondary N) is 2. The number of carbonyl (C=O) groups excluding carboxylic acids is 2. The van der Waals surface area contributed by atoms with Gasteiger partial charge in [-0.15, -0.1) is 0 Å². The van der Waals surface area contributed by atoms with E-state index in [2.05, 4.69) is 15.3 Å². The molecule has 1 atom stereocenters. The maximum absolute atomic E-state index is 12.2. The molecule has 6 heteroatoms. The SMILES string of the molecule is COC(=O)[C@@H](Cc1c[nH]c2ccccc12)NC(=O)/C=C\c1ccccn1. The highest BCUT2D eigenvalue weighted by atomic mass is 16.5. The van der Waals surface area contributed by atoms with E-state index >= 15 is 0 Å². The monoisotopic (exact) mass is 349 g/mol. The predicted molar refractivity (Wildman–Crippen MR) is 99.2 cm³/mol. The summed E-state index contributed by atoms with van der Waals surface area (Å²) in [5.41, 5.74) is 2.58. The summed E-state index contributed by atoms with van der Waals surface area (Å²) in [6.45, 7) is 0. The lowest BCUT2D eigenvalue weighted by atomic mass is 10.0. The lowest BCUT2D eigenvalue weighted by Gasteiger charge is -2.15. The normalized spacial score (nSPS) is 12.2. The lowest BCUT2D eigenvalue weighted by Crippen LogP contribution is -2.42. The number of nitrogens with zero attached hydrogens (tertiary/aromatic N) is 1. The number of carbonyl (C=O) groups is 2. The molecule has 2 N–H and O–H groups in total. The summed E-state index contributed by atoms with van der Waals surface area (Å²) in [5.74, 6) is -0.874. The Morgan fingerprint density at radius 2 is 2.04 bits per heavy atom. The minimum atomic E-state index is -0.778. The van der Waals surface area contributed by atoms with Crippen molar-refractivity contribution in [2.75, 3.05) is 7.11 Å². The number of pyridine rings is 1. The highest BCUT2D eigenvalue weighted by Crippen LogP contribution is 2.19. The molecule has 0 aliphatic carbocycles. The van der Waals surface area contributed by atoms with Crippen LogP contribution in [0.2, 0.25) is 0 Å². The second-order valence-corrected chi connectivity index (χ2v) is 5.74. The lowest BCUT2D eigenvalue weighted by molar-refractivity contribution is -0.144. The number of aromatic nitrogens is 2. The Hall–Kier alpha value is -3.41. The molecule has 6 nitrogen and oxygen atoms in total. The van der Waals surface area contributed by atoms with Crippen LogP contribution >= 0.6 is 0 Å². The highest BCUT2D eigenvalue weighted by molar-refractivity contribution is 5.94. The molecule has 0 spiro atoms. The van der Waals surface area contributed by atoms with Gasteiger partial charge in [-0.2, -0.15) is 0 Å². The molecule has 0 aliphatic rings.